The van der Waals surface area contributed by atoms with Crippen LogP contribution in [0.5, 0.6) is 5.75 Å². The van der Waals surface area contributed by atoms with E-state index in [0.29, 0.717) is 11.6 Å². The number of benzene rings is 1. The Morgan fingerprint density at radius 3 is 2.83 bits per heavy atom. The van der Waals surface area contributed by atoms with E-state index >= 15 is 0 Å². The maximum absolute atomic E-state index is 6.25. The summed E-state index contributed by atoms with van der Waals surface area (Å²) in [6.07, 6.45) is 0.823. The van der Waals surface area contributed by atoms with Crippen molar-refractivity contribution in [3.05, 3.63) is 45.1 Å². The zero-order valence-corrected chi connectivity index (χ0v) is 12.6. The summed E-state index contributed by atoms with van der Waals surface area (Å²) in [7, 11) is 1.88. The largest absolute Gasteiger partial charge is 0.487 e. The first-order chi connectivity index (χ1) is 8.61. The third-order valence-electron chi connectivity index (χ3n) is 2.67. The van der Waals surface area contributed by atoms with Gasteiger partial charge in [-0.05, 0) is 24.6 Å². The van der Waals surface area contributed by atoms with E-state index in [2.05, 4.69) is 21.0 Å². The lowest BCUT2D eigenvalue weighted by molar-refractivity contribution is 0.295. The first-order valence-corrected chi connectivity index (χ1v) is 6.87. The van der Waals surface area contributed by atoms with Crippen molar-refractivity contribution in [3.8, 4) is 5.75 Å². The van der Waals surface area contributed by atoms with Gasteiger partial charge in [-0.3, -0.25) is 4.68 Å². The third kappa shape index (κ3) is 2.87. The molecule has 2 rings (SSSR count). The smallest absolute Gasteiger partial charge is 0.131 e. The van der Waals surface area contributed by atoms with Gasteiger partial charge in [0.1, 0.15) is 12.4 Å². The Bertz CT molecular complexity index is 554. The van der Waals surface area contributed by atoms with Crippen LogP contribution in [-0.4, -0.2) is 9.78 Å². The highest BCUT2D eigenvalue weighted by molar-refractivity contribution is 9.10. The third-order valence-corrected chi connectivity index (χ3v) is 3.60. The summed E-state index contributed by atoms with van der Waals surface area (Å²) in [6, 6.07) is 7.72. The van der Waals surface area contributed by atoms with Crippen LogP contribution in [0.15, 0.2) is 28.7 Å². The Labute approximate surface area is 120 Å². The molecular weight excluding hydrogens is 316 g/mol. The van der Waals surface area contributed by atoms with Crippen LogP contribution in [0.1, 0.15) is 18.3 Å². The van der Waals surface area contributed by atoms with Crippen LogP contribution in [0.4, 0.5) is 0 Å². The van der Waals surface area contributed by atoms with Crippen LogP contribution in [0.25, 0.3) is 0 Å². The van der Waals surface area contributed by atoms with Crippen molar-refractivity contribution in [1.82, 2.24) is 9.78 Å². The molecule has 5 heteroatoms. The van der Waals surface area contributed by atoms with E-state index in [1.807, 2.05) is 38.2 Å². The Morgan fingerprint density at radius 2 is 2.22 bits per heavy atom. The number of nitrogens with zero attached hydrogens (tertiary/aromatic N) is 2. The number of rotatable bonds is 4. The zero-order chi connectivity index (χ0) is 13.1. The summed E-state index contributed by atoms with van der Waals surface area (Å²) < 4.78 is 8.49. The average Bonchev–Trinajstić information content (AvgIpc) is 2.62. The minimum atomic E-state index is 0.415. The fourth-order valence-electron chi connectivity index (χ4n) is 1.69. The maximum atomic E-state index is 6.25. The Morgan fingerprint density at radius 1 is 1.44 bits per heavy atom. The van der Waals surface area contributed by atoms with Crippen LogP contribution in [-0.2, 0) is 20.1 Å². The highest BCUT2D eigenvalue weighted by Gasteiger charge is 2.13. The highest BCUT2D eigenvalue weighted by atomic mass is 79.9. The van der Waals surface area contributed by atoms with Gasteiger partial charge in [-0.15, -0.1) is 0 Å². The van der Waals surface area contributed by atoms with Crippen molar-refractivity contribution in [2.24, 2.45) is 7.05 Å². The number of aryl methyl sites for hydroxylation is 2. The Balaban J connectivity index is 2.13. The van der Waals surface area contributed by atoms with Crippen LogP contribution in [0.3, 0.4) is 0 Å². The fraction of sp³-hybridized carbons (Fsp3) is 0.308. The van der Waals surface area contributed by atoms with Gasteiger partial charge in [0.05, 0.1) is 16.4 Å². The molecule has 0 fully saturated rings. The Hall–Kier alpha value is -1.000. The molecule has 1 heterocycles. The van der Waals surface area contributed by atoms with E-state index in [-0.39, 0.29) is 0 Å². The van der Waals surface area contributed by atoms with E-state index in [1.165, 1.54) is 0 Å². The minimum Gasteiger partial charge on any atom is -0.487 e. The molecule has 2 aromatic rings. The van der Waals surface area contributed by atoms with Gasteiger partial charge >= 0.3 is 0 Å². The molecule has 1 aromatic heterocycles. The SMILES string of the molecule is CCc1nn(C)c(COc2cccc(Br)c2)c1Cl. The van der Waals surface area contributed by atoms with Crippen molar-refractivity contribution in [3.63, 3.8) is 0 Å². The van der Waals surface area contributed by atoms with Gasteiger partial charge in [-0.1, -0.05) is 40.5 Å². The van der Waals surface area contributed by atoms with Crippen LogP contribution in [0, 0.1) is 0 Å². The molecule has 0 saturated carbocycles. The molecule has 0 bridgehead atoms. The molecule has 0 atom stereocenters. The second-order valence-corrected chi connectivity index (χ2v) is 5.22. The monoisotopic (exact) mass is 328 g/mol. The quantitative estimate of drug-likeness (QED) is 0.848. The minimum absolute atomic E-state index is 0.415. The van der Waals surface area contributed by atoms with Gasteiger partial charge in [0.2, 0.25) is 0 Å². The molecule has 0 aliphatic carbocycles. The van der Waals surface area contributed by atoms with Gasteiger partial charge in [-0.2, -0.15) is 5.10 Å². The summed E-state index contributed by atoms with van der Waals surface area (Å²) in [6.45, 7) is 2.45. The number of hydrogen-bond donors (Lipinski definition) is 0. The van der Waals surface area contributed by atoms with Gasteiger partial charge in [0.15, 0.2) is 0 Å². The molecule has 0 N–H and O–H groups in total. The molecule has 0 radical (unpaired) electrons. The van der Waals surface area contributed by atoms with Crippen LogP contribution < -0.4 is 4.74 Å². The van der Waals surface area contributed by atoms with Gasteiger partial charge in [0, 0.05) is 11.5 Å². The van der Waals surface area contributed by atoms with Gasteiger partial charge in [0.25, 0.3) is 0 Å². The molecule has 1 aromatic carbocycles. The van der Waals surface area contributed by atoms with E-state index in [1.54, 1.807) is 4.68 Å². The van der Waals surface area contributed by atoms with Gasteiger partial charge in [-0.25, -0.2) is 0 Å². The summed E-state index contributed by atoms with van der Waals surface area (Å²) >= 11 is 9.66. The highest BCUT2D eigenvalue weighted by Crippen LogP contribution is 2.23. The number of halogens is 2. The fourth-order valence-corrected chi connectivity index (χ4v) is 2.41. The Kier molecular flexibility index (Phi) is 4.30. The second-order valence-electron chi connectivity index (χ2n) is 3.93. The normalized spacial score (nSPS) is 10.7. The van der Waals surface area contributed by atoms with Gasteiger partial charge < -0.3 is 4.74 Å². The topological polar surface area (TPSA) is 27.1 Å². The molecule has 0 spiro atoms. The molecule has 0 unspecified atom stereocenters. The summed E-state index contributed by atoms with van der Waals surface area (Å²) in [5, 5.41) is 5.06. The molecule has 0 amide bonds. The van der Waals surface area contributed by atoms with Crippen molar-refractivity contribution in [1.29, 1.82) is 0 Å². The predicted octanol–water partition coefficient (Wildman–Crippen LogP) is 3.98. The van der Waals surface area contributed by atoms with E-state index in [0.717, 1.165) is 28.0 Å². The maximum Gasteiger partial charge on any atom is 0.131 e. The average molecular weight is 330 g/mol. The predicted molar refractivity (Wildman–Crippen MR) is 76.1 cm³/mol. The van der Waals surface area contributed by atoms with E-state index < -0.39 is 0 Å². The molecule has 96 valence electrons. The van der Waals surface area contributed by atoms with Crippen LogP contribution >= 0.6 is 27.5 Å². The molecule has 0 aliphatic heterocycles. The molecule has 18 heavy (non-hydrogen) atoms. The molecule has 0 saturated heterocycles. The second kappa shape index (κ2) is 5.76. The molecular formula is C13H14BrClN2O. The van der Waals surface area contributed by atoms with E-state index in [9.17, 15) is 0 Å². The lowest BCUT2D eigenvalue weighted by atomic mass is 10.3. The summed E-state index contributed by atoms with van der Waals surface area (Å²) in [5.74, 6) is 0.805. The van der Waals surface area contributed by atoms with Crippen molar-refractivity contribution in [2.45, 2.75) is 20.0 Å². The van der Waals surface area contributed by atoms with Crippen molar-refractivity contribution >= 4 is 27.5 Å². The number of aromatic nitrogens is 2. The number of hydrogen-bond acceptors (Lipinski definition) is 2. The van der Waals surface area contributed by atoms with E-state index in [4.69, 9.17) is 16.3 Å². The first kappa shape index (κ1) is 13.4. The molecule has 0 aliphatic rings. The lowest BCUT2D eigenvalue weighted by Gasteiger charge is -2.07. The standard InChI is InChI=1S/C13H14BrClN2O/c1-3-11-13(15)12(17(2)16-11)8-18-10-6-4-5-9(14)7-10/h4-7H,3,8H2,1-2H3. The van der Waals surface area contributed by atoms with Crippen LogP contribution in [0.2, 0.25) is 5.02 Å². The molecule has 3 nitrogen and oxygen atoms in total. The van der Waals surface area contributed by atoms with Crippen molar-refractivity contribution in [2.75, 3.05) is 0 Å². The lowest BCUT2D eigenvalue weighted by Crippen LogP contribution is -2.03. The first-order valence-electron chi connectivity index (χ1n) is 5.70. The van der Waals surface area contributed by atoms with Crippen molar-refractivity contribution < 1.29 is 4.74 Å². The zero-order valence-electron chi connectivity index (χ0n) is 10.3. The summed E-state index contributed by atoms with van der Waals surface area (Å²) in [4.78, 5) is 0. The number of ether oxygens (including phenoxy) is 1. The summed E-state index contributed by atoms with van der Waals surface area (Å²) in [5.41, 5.74) is 1.81.